The number of carboxylic acid groups (broad SMARTS) is 1. The Morgan fingerprint density at radius 3 is 2.38 bits per heavy atom. The van der Waals surface area contributed by atoms with Crippen LogP contribution in [0.2, 0.25) is 0 Å². The highest BCUT2D eigenvalue weighted by Crippen LogP contribution is 2.18. The quantitative estimate of drug-likeness (QED) is 0.690. The lowest BCUT2D eigenvalue weighted by Gasteiger charge is -2.12. The molecule has 21 heavy (non-hydrogen) atoms. The Balaban J connectivity index is 2.40. The van der Waals surface area contributed by atoms with Gasteiger partial charge in [0.05, 0.1) is 17.9 Å². The van der Waals surface area contributed by atoms with Crippen LogP contribution in [0.5, 0.6) is 5.75 Å². The van der Waals surface area contributed by atoms with Crippen molar-refractivity contribution in [3.05, 3.63) is 24.3 Å². The number of carbonyl (C=O) groups is 1. The van der Waals surface area contributed by atoms with Crippen LogP contribution < -0.4 is 4.74 Å². The van der Waals surface area contributed by atoms with E-state index in [1.807, 2.05) is 0 Å². The molecule has 0 saturated heterocycles. The molecule has 118 valence electrons. The fraction of sp³-hybridized carbons (Fsp3) is 0.462. The predicted molar refractivity (Wildman–Crippen MR) is 82.4 cm³/mol. The molecule has 1 N–H and O–H groups in total. The van der Waals surface area contributed by atoms with E-state index in [1.54, 1.807) is 12.1 Å². The summed E-state index contributed by atoms with van der Waals surface area (Å²) in [6.07, 6.45) is 0.141. The van der Waals surface area contributed by atoms with E-state index in [4.69, 9.17) is 9.84 Å². The zero-order valence-corrected chi connectivity index (χ0v) is 13.6. The van der Waals surface area contributed by atoms with Crippen molar-refractivity contribution in [2.75, 3.05) is 32.2 Å². The molecule has 0 aliphatic heterocycles. The topological polar surface area (TPSA) is 83.9 Å². The molecular weight excluding hydrogens is 314 g/mol. The van der Waals surface area contributed by atoms with Gasteiger partial charge in [0.2, 0.25) is 10.0 Å². The van der Waals surface area contributed by atoms with E-state index in [1.165, 1.54) is 38.0 Å². The molecule has 0 heterocycles. The summed E-state index contributed by atoms with van der Waals surface area (Å²) in [4.78, 5) is 10.5. The second kappa shape index (κ2) is 8.26. The maximum absolute atomic E-state index is 11.9. The molecule has 0 spiro atoms. The van der Waals surface area contributed by atoms with Crippen LogP contribution in [0, 0.1) is 0 Å². The van der Waals surface area contributed by atoms with Crippen molar-refractivity contribution in [1.29, 1.82) is 0 Å². The molecule has 0 aromatic heterocycles. The molecular formula is C13H19NO5S2. The number of aliphatic carboxylic acids is 1. The Kier molecular flexibility index (Phi) is 7.00. The lowest BCUT2D eigenvalue weighted by atomic mass is 10.3. The fourth-order valence-electron chi connectivity index (χ4n) is 1.40. The SMILES string of the molecule is CN(C)S(=O)(=O)c1ccc(OCCSCCC(=O)O)cc1. The molecule has 0 saturated carbocycles. The minimum Gasteiger partial charge on any atom is -0.493 e. The van der Waals surface area contributed by atoms with E-state index in [-0.39, 0.29) is 11.3 Å². The summed E-state index contributed by atoms with van der Waals surface area (Å²) < 4.78 is 30.3. The summed E-state index contributed by atoms with van der Waals surface area (Å²) in [7, 11) is -0.456. The number of benzene rings is 1. The second-order valence-corrected chi connectivity index (χ2v) is 7.74. The monoisotopic (exact) mass is 333 g/mol. The Bertz CT molecular complexity index is 554. The largest absolute Gasteiger partial charge is 0.493 e. The summed E-state index contributed by atoms with van der Waals surface area (Å²) in [5, 5.41) is 8.48. The fourth-order valence-corrected chi connectivity index (χ4v) is 3.02. The number of carboxylic acids is 1. The molecule has 0 atom stereocenters. The minimum absolute atomic E-state index is 0.141. The Hall–Kier alpha value is -1.25. The molecule has 0 radical (unpaired) electrons. The van der Waals surface area contributed by atoms with Gasteiger partial charge in [0.15, 0.2) is 0 Å². The summed E-state index contributed by atoms with van der Waals surface area (Å²) in [6.45, 7) is 0.448. The Morgan fingerprint density at radius 1 is 1.24 bits per heavy atom. The molecule has 6 nitrogen and oxygen atoms in total. The molecule has 8 heteroatoms. The van der Waals surface area contributed by atoms with Crippen molar-refractivity contribution < 1.29 is 23.1 Å². The average molecular weight is 333 g/mol. The van der Waals surface area contributed by atoms with E-state index in [0.717, 1.165) is 4.31 Å². The number of sulfonamides is 1. The Labute approximate surface area is 129 Å². The molecule has 0 unspecified atom stereocenters. The van der Waals surface area contributed by atoms with Gasteiger partial charge in [-0.1, -0.05) is 0 Å². The van der Waals surface area contributed by atoms with Crippen LogP contribution in [0.25, 0.3) is 0 Å². The third-order valence-corrected chi connectivity index (χ3v) is 5.34. The summed E-state index contributed by atoms with van der Waals surface area (Å²) >= 11 is 1.50. The second-order valence-electron chi connectivity index (χ2n) is 4.36. The summed E-state index contributed by atoms with van der Waals surface area (Å²) in [5.41, 5.74) is 0. The standard InChI is InChI=1S/C13H19NO5S2/c1-14(2)21(17,18)12-5-3-11(4-6-12)19-8-10-20-9-7-13(15)16/h3-6H,7-10H2,1-2H3,(H,15,16). The van der Waals surface area contributed by atoms with Crippen molar-refractivity contribution in [3.8, 4) is 5.75 Å². The number of nitrogens with zero attached hydrogens (tertiary/aromatic N) is 1. The van der Waals surface area contributed by atoms with E-state index in [9.17, 15) is 13.2 Å². The number of hydrogen-bond donors (Lipinski definition) is 1. The van der Waals surface area contributed by atoms with Crippen LogP contribution in [-0.4, -0.2) is 56.0 Å². The van der Waals surface area contributed by atoms with Crippen LogP contribution in [-0.2, 0) is 14.8 Å². The van der Waals surface area contributed by atoms with Crippen molar-refractivity contribution in [1.82, 2.24) is 4.31 Å². The van der Waals surface area contributed by atoms with E-state index >= 15 is 0 Å². The first-order chi connectivity index (χ1) is 9.84. The van der Waals surface area contributed by atoms with Gasteiger partial charge >= 0.3 is 5.97 Å². The highest BCUT2D eigenvalue weighted by Gasteiger charge is 2.16. The van der Waals surface area contributed by atoms with Gasteiger partial charge in [-0.25, -0.2) is 12.7 Å². The number of hydrogen-bond acceptors (Lipinski definition) is 5. The maximum Gasteiger partial charge on any atom is 0.304 e. The van der Waals surface area contributed by atoms with Crippen LogP contribution in [0.1, 0.15) is 6.42 Å². The van der Waals surface area contributed by atoms with Crippen LogP contribution in [0.3, 0.4) is 0 Å². The van der Waals surface area contributed by atoms with Gasteiger partial charge in [-0.05, 0) is 24.3 Å². The lowest BCUT2D eigenvalue weighted by Crippen LogP contribution is -2.22. The van der Waals surface area contributed by atoms with Gasteiger partial charge in [0.25, 0.3) is 0 Å². The zero-order valence-electron chi connectivity index (χ0n) is 12.0. The molecule has 0 aliphatic rings. The average Bonchev–Trinajstić information content (AvgIpc) is 2.42. The minimum atomic E-state index is -3.42. The molecule has 0 bridgehead atoms. The third-order valence-electron chi connectivity index (χ3n) is 2.56. The van der Waals surface area contributed by atoms with Gasteiger partial charge in [-0.3, -0.25) is 4.79 Å². The first kappa shape index (κ1) is 17.8. The van der Waals surface area contributed by atoms with Gasteiger partial charge < -0.3 is 9.84 Å². The maximum atomic E-state index is 11.9. The molecule has 0 fully saturated rings. The smallest absolute Gasteiger partial charge is 0.304 e. The van der Waals surface area contributed by atoms with Gasteiger partial charge in [0.1, 0.15) is 5.75 Å². The highest BCUT2D eigenvalue weighted by atomic mass is 32.2. The number of rotatable bonds is 9. The molecule has 1 rings (SSSR count). The molecule has 1 aromatic carbocycles. The van der Waals surface area contributed by atoms with Crippen molar-refractivity contribution in [2.45, 2.75) is 11.3 Å². The lowest BCUT2D eigenvalue weighted by molar-refractivity contribution is -0.136. The number of thioether (sulfide) groups is 1. The summed E-state index contributed by atoms with van der Waals surface area (Å²) in [5.74, 6) is 1.02. The summed E-state index contributed by atoms with van der Waals surface area (Å²) in [6, 6.07) is 6.22. The van der Waals surface area contributed by atoms with Crippen molar-refractivity contribution in [2.24, 2.45) is 0 Å². The van der Waals surface area contributed by atoms with Crippen LogP contribution in [0.4, 0.5) is 0 Å². The van der Waals surface area contributed by atoms with Gasteiger partial charge in [-0.2, -0.15) is 11.8 Å². The number of ether oxygens (including phenoxy) is 1. The van der Waals surface area contributed by atoms with E-state index < -0.39 is 16.0 Å². The first-order valence-corrected chi connectivity index (χ1v) is 8.88. The zero-order chi connectivity index (χ0) is 15.9. The third kappa shape index (κ3) is 5.94. The highest BCUT2D eigenvalue weighted by molar-refractivity contribution is 7.99. The predicted octanol–water partition coefficient (Wildman–Crippen LogP) is 1.52. The van der Waals surface area contributed by atoms with Crippen molar-refractivity contribution >= 4 is 27.8 Å². The van der Waals surface area contributed by atoms with Crippen molar-refractivity contribution in [3.63, 3.8) is 0 Å². The van der Waals surface area contributed by atoms with Crippen LogP contribution >= 0.6 is 11.8 Å². The first-order valence-electron chi connectivity index (χ1n) is 6.29. The molecule has 1 aromatic rings. The van der Waals surface area contributed by atoms with Crippen LogP contribution in [0.15, 0.2) is 29.2 Å². The molecule has 0 aliphatic carbocycles. The van der Waals surface area contributed by atoms with E-state index in [0.29, 0.717) is 23.9 Å². The Morgan fingerprint density at radius 2 is 1.86 bits per heavy atom. The molecule has 0 amide bonds. The normalized spacial score (nSPS) is 11.6. The van der Waals surface area contributed by atoms with E-state index in [2.05, 4.69) is 0 Å². The van der Waals surface area contributed by atoms with Gasteiger partial charge in [-0.15, -0.1) is 0 Å². The van der Waals surface area contributed by atoms with Gasteiger partial charge in [0, 0.05) is 25.6 Å².